The van der Waals surface area contributed by atoms with E-state index in [1.54, 1.807) is 0 Å². The molecule has 0 saturated heterocycles. The van der Waals surface area contributed by atoms with E-state index >= 15 is 0 Å². The molecule has 0 aliphatic rings. The molecule has 2 heterocycles. The highest BCUT2D eigenvalue weighted by atomic mass is 19.4. The van der Waals surface area contributed by atoms with Crippen LogP contribution in [0.3, 0.4) is 0 Å². The highest BCUT2D eigenvalue weighted by Crippen LogP contribution is 2.32. The molecule has 2 rings (SSSR count). The van der Waals surface area contributed by atoms with E-state index in [0.717, 1.165) is 25.4 Å². The lowest BCUT2D eigenvalue weighted by atomic mass is 10.1. The van der Waals surface area contributed by atoms with Crippen molar-refractivity contribution in [2.24, 2.45) is 7.05 Å². The average Bonchev–Trinajstić information content (AvgIpc) is 2.69. The molecule has 8 heteroatoms. The number of pyridine rings is 1. The standard InChI is InChI=1S/C13H10F4N2O2/c1-19-10(13(15,16)17)5-7(11(19)12(20)21)4-9-3-2-8(14)6-18-9/h2-3,5-6H,4H2,1H3,(H,20,21). The van der Waals surface area contributed by atoms with Crippen LogP contribution in [0.4, 0.5) is 17.6 Å². The van der Waals surface area contributed by atoms with Gasteiger partial charge in [-0.2, -0.15) is 13.2 Å². The fraction of sp³-hybridized carbons (Fsp3) is 0.231. The second-order valence-corrected chi connectivity index (χ2v) is 4.41. The van der Waals surface area contributed by atoms with Crippen LogP contribution in [0.2, 0.25) is 0 Å². The molecule has 2 aromatic rings. The summed E-state index contributed by atoms with van der Waals surface area (Å²) in [6.45, 7) is 0. The fourth-order valence-corrected chi connectivity index (χ4v) is 2.06. The van der Waals surface area contributed by atoms with E-state index in [4.69, 9.17) is 5.11 Å². The zero-order valence-corrected chi connectivity index (χ0v) is 10.8. The van der Waals surface area contributed by atoms with Crippen LogP contribution in [0.1, 0.15) is 27.4 Å². The van der Waals surface area contributed by atoms with Gasteiger partial charge in [-0.15, -0.1) is 0 Å². The second-order valence-electron chi connectivity index (χ2n) is 4.41. The molecule has 112 valence electrons. The van der Waals surface area contributed by atoms with Crippen molar-refractivity contribution in [2.45, 2.75) is 12.6 Å². The Hall–Kier alpha value is -2.38. The number of halogens is 4. The van der Waals surface area contributed by atoms with Crippen LogP contribution < -0.4 is 0 Å². The van der Waals surface area contributed by atoms with Gasteiger partial charge in [-0.1, -0.05) is 0 Å². The molecule has 0 spiro atoms. The summed E-state index contributed by atoms with van der Waals surface area (Å²) in [5.41, 5.74) is -1.28. The van der Waals surface area contributed by atoms with Gasteiger partial charge in [0.25, 0.3) is 0 Å². The molecule has 4 nitrogen and oxygen atoms in total. The Bertz CT molecular complexity index is 675. The molecular weight excluding hydrogens is 292 g/mol. The number of carboxylic acids is 1. The summed E-state index contributed by atoms with van der Waals surface area (Å²) in [4.78, 5) is 14.9. The highest BCUT2D eigenvalue weighted by molar-refractivity contribution is 5.88. The van der Waals surface area contributed by atoms with Crippen LogP contribution in [-0.2, 0) is 19.6 Å². The molecule has 0 bridgehead atoms. The number of aromatic nitrogens is 2. The van der Waals surface area contributed by atoms with E-state index in [-0.39, 0.29) is 17.7 Å². The summed E-state index contributed by atoms with van der Waals surface area (Å²) >= 11 is 0. The van der Waals surface area contributed by atoms with E-state index in [0.29, 0.717) is 4.57 Å². The van der Waals surface area contributed by atoms with Crippen molar-refractivity contribution in [3.05, 3.63) is 52.9 Å². The van der Waals surface area contributed by atoms with Crippen LogP contribution in [0, 0.1) is 5.82 Å². The Kier molecular flexibility index (Phi) is 3.71. The number of hydrogen-bond acceptors (Lipinski definition) is 2. The molecular formula is C13H10F4N2O2. The maximum atomic E-state index is 12.8. The monoisotopic (exact) mass is 302 g/mol. The largest absolute Gasteiger partial charge is 0.477 e. The zero-order chi connectivity index (χ0) is 15.8. The third-order valence-corrected chi connectivity index (χ3v) is 2.97. The average molecular weight is 302 g/mol. The summed E-state index contributed by atoms with van der Waals surface area (Å²) in [6, 6.07) is 3.17. The number of carbonyl (C=O) groups is 1. The number of carboxylic acid groups (broad SMARTS) is 1. The van der Waals surface area contributed by atoms with E-state index in [1.165, 1.54) is 6.07 Å². The summed E-state index contributed by atoms with van der Waals surface area (Å²) in [7, 11) is 1.04. The minimum absolute atomic E-state index is 0.0311. The van der Waals surface area contributed by atoms with Crippen molar-refractivity contribution in [3.63, 3.8) is 0 Å². The molecule has 1 N–H and O–H groups in total. The predicted octanol–water partition coefficient (Wildman–Crippen LogP) is 2.87. The van der Waals surface area contributed by atoms with Crippen molar-refractivity contribution in [1.29, 1.82) is 0 Å². The van der Waals surface area contributed by atoms with Gasteiger partial charge in [0.05, 0.1) is 6.20 Å². The highest BCUT2D eigenvalue weighted by Gasteiger charge is 2.36. The Labute approximate surface area is 116 Å². The fourth-order valence-electron chi connectivity index (χ4n) is 2.06. The minimum atomic E-state index is -4.66. The lowest BCUT2D eigenvalue weighted by molar-refractivity contribution is -0.143. The lowest BCUT2D eigenvalue weighted by Crippen LogP contribution is -2.14. The first-order chi connectivity index (χ1) is 9.70. The Morgan fingerprint density at radius 3 is 2.52 bits per heavy atom. The molecule has 21 heavy (non-hydrogen) atoms. The Morgan fingerprint density at radius 1 is 1.38 bits per heavy atom. The summed E-state index contributed by atoms with van der Waals surface area (Å²) < 4.78 is 51.8. The van der Waals surface area contributed by atoms with Gasteiger partial charge in [0, 0.05) is 19.2 Å². The molecule has 0 aliphatic carbocycles. The summed E-state index contributed by atoms with van der Waals surface area (Å²) in [5, 5.41) is 9.08. The smallest absolute Gasteiger partial charge is 0.431 e. The Morgan fingerprint density at radius 2 is 2.05 bits per heavy atom. The first-order valence-electron chi connectivity index (χ1n) is 5.79. The molecule has 2 aromatic heterocycles. The van der Waals surface area contributed by atoms with Crippen LogP contribution in [0.15, 0.2) is 24.4 Å². The summed E-state index contributed by atoms with van der Waals surface area (Å²) in [6.07, 6.45) is -3.87. The molecule has 0 fully saturated rings. The molecule has 0 aromatic carbocycles. The van der Waals surface area contributed by atoms with Crippen molar-refractivity contribution < 1.29 is 27.5 Å². The van der Waals surface area contributed by atoms with Gasteiger partial charge in [-0.05, 0) is 23.8 Å². The van der Waals surface area contributed by atoms with Gasteiger partial charge in [-0.3, -0.25) is 4.98 Å². The minimum Gasteiger partial charge on any atom is -0.477 e. The first kappa shape index (κ1) is 15.0. The normalized spacial score (nSPS) is 11.7. The van der Waals surface area contributed by atoms with Crippen molar-refractivity contribution in [2.75, 3.05) is 0 Å². The van der Waals surface area contributed by atoms with Gasteiger partial charge in [0.15, 0.2) is 0 Å². The van der Waals surface area contributed by atoms with Crippen LogP contribution in [0.25, 0.3) is 0 Å². The number of rotatable bonds is 3. The number of alkyl halides is 3. The molecule has 0 saturated carbocycles. The number of aromatic carboxylic acids is 1. The van der Waals surface area contributed by atoms with Gasteiger partial charge < -0.3 is 9.67 Å². The van der Waals surface area contributed by atoms with Crippen LogP contribution in [-0.4, -0.2) is 20.6 Å². The quantitative estimate of drug-likeness (QED) is 0.887. The van der Waals surface area contributed by atoms with Gasteiger partial charge in [-0.25, -0.2) is 9.18 Å². The molecule has 0 aliphatic heterocycles. The zero-order valence-electron chi connectivity index (χ0n) is 10.8. The van der Waals surface area contributed by atoms with Gasteiger partial charge in [0.2, 0.25) is 0 Å². The van der Waals surface area contributed by atoms with Crippen LogP contribution >= 0.6 is 0 Å². The van der Waals surface area contributed by atoms with Crippen molar-refractivity contribution in [1.82, 2.24) is 9.55 Å². The van der Waals surface area contributed by atoms with E-state index in [2.05, 4.69) is 4.98 Å². The second kappa shape index (κ2) is 5.19. The number of nitrogens with zero attached hydrogens (tertiary/aromatic N) is 2. The SMILES string of the molecule is Cn1c(C(F)(F)F)cc(Cc2ccc(F)cn2)c1C(=O)O. The molecule has 0 unspecified atom stereocenters. The summed E-state index contributed by atoms with van der Waals surface area (Å²) in [5.74, 6) is -2.05. The van der Waals surface area contributed by atoms with E-state index in [1.807, 2.05) is 0 Å². The van der Waals surface area contributed by atoms with Crippen LogP contribution in [0.5, 0.6) is 0 Å². The molecule has 0 atom stereocenters. The van der Waals surface area contributed by atoms with E-state index in [9.17, 15) is 22.4 Å². The number of hydrogen-bond donors (Lipinski definition) is 1. The molecule has 0 amide bonds. The van der Waals surface area contributed by atoms with E-state index < -0.39 is 29.4 Å². The van der Waals surface area contributed by atoms with Crippen molar-refractivity contribution >= 4 is 5.97 Å². The molecule has 0 radical (unpaired) electrons. The van der Waals surface area contributed by atoms with Gasteiger partial charge >= 0.3 is 12.1 Å². The predicted molar refractivity (Wildman–Crippen MR) is 64.4 cm³/mol. The Balaban J connectivity index is 2.47. The maximum Gasteiger partial charge on any atom is 0.431 e. The lowest BCUT2D eigenvalue weighted by Gasteiger charge is -2.08. The van der Waals surface area contributed by atoms with Crippen molar-refractivity contribution in [3.8, 4) is 0 Å². The third kappa shape index (κ3) is 3.04. The third-order valence-electron chi connectivity index (χ3n) is 2.97. The first-order valence-corrected chi connectivity index (χ1v) is 5.79. The maximum absolute atomic E-state index is 12.8. The van der Waals surface area contributed by atoms with Gasteiger partial charge in [0.1, 0.15) is 17.2 Å². The topological polar surface area (TPSA) is 55.1 Å².